The summed E-state index contributed by atoms with van der Waals surface area (Å²) in [7, 11) is 1.65. The predicted octanol–water partition coefficient (Wildman–Crippen LogP) is 2.78. The fourth-order valence-corrected chi connectivity index (χ4v) is 3.56. The first-order chi connectivity index (χ1) is 11.8. The largest absolute Gasteiger partial charge is 0.497 e. The minimum Gasteiger partial charge on any atom is -0.497 e. The maximum absolute atomic E-state index is 12.7. The van der Waals surface area contributed by atoms with E-state index in [2.05, 4.69) is 10.3 Å². The van der Waals surface area contributed by atoms with Gasteiger partial charge in [0.1, 0.15) is 5.75 Å². The smallest absolute Gasteiger partial charge is 0.233 e. The highest BCUT2D eigenvalue weighted by Gasteiger charge is 2.27. The van der Waals surface area contributed by atoms with E-state index < -0.39 is 0 Å². The van der Waals surface area contributed by atoms with E-state index in [9.17, 15) is 4.79 Å². The van der Waals surface area contributed by atoms with E-state index in [0.717, 1.165) is 35.8 Å². The quantitative estimate of drug-likeness (QED) is 0.809. The first-order valence-corrected chi connectivity index (χ1v) is 8.93. The van der Waals surface area contributed by atoms with E-state index in [1.807, 2.05) is 47.5 Å². The van der Waals surface area contributed by atoms with Crippen LogP contribution in [0.1, 0.15) is 11.6 Å². The second kappa shape index (κ2) is 9.65. The average molecular weight is 380 g/mol. The van der Waals surface area contributed by atoms with Gasteiger partial charge in [0.05, 0.1) is 18.9 Å². The Morgan fingerprint density at radius 2 is 2.16 bits per heavy atom. The van der Waals surface area contributed by atoms with Gasteiger partial charge in [-0.1, -0.05) is 6.07 Å². The lowest BCUT2D eigenvalue weighted by atomic mass is 10.1. The molecule has 1 amide bonds. The molecule has 0 radical (unpaired) electrons. The molecule has 0 aliphatic carbocycles. The van der Waals surface area contributed by atoms with Gasteiger partial charge in [-0.2, -0.15) is 0 Å². The highest BCUT2D eigenvalue weighted by atomic mass is 35.5. The molecule has 2 heterocycles. The number of hydrogen-bond acceptors (Lipinski definition) is 5. The third kappa shape index (κ3) is 5.11. The van der Waals surface area contributed by atoms with Crippen LogP contribution in [0.15, 0.2) is 53.7 Å². The summed E-state index contributed by atoms with van der Waals surface area (Å²) in [4.78, 5) is 19.9. The molecule has 1 fully saturated rings. The highest BCUT2D eigenvalue weighted by molar-refractivity contribution is 8.00. The predicted molar refractivity (Wildman–Crippen MR) is 103 cm³/mol. The Bertz CT molecular complexity index is 670. The van der Waals surface area contributed by atoms with Gasteiger partial charge in [0.15, 0.2) is 0 Å². The fraction of sp³-hybridized carbons (Fsp3) is 0.333. The fourth-order valence-electron chi connectivity index (χ4n) is 2.77. The van der Waals surface area contributed by atoms with Gasteiger partial charge in [0.2, 0.25) is 5.91 Å². The van der Waals surface area contributed by atoms with Gasteiger partial charge in [0, 0.05) is 36.9 Å². The van der Waals surface area contributed by atoms with Crippen molar-refractivity contribution in [2.24, 2.45) is 0 Å². The topological polar surface area (TPSA) is 54.5 Å². The lowest BCUT2D eigenvalue weighted by Crippen LogP contribution is -2.49. The average Bonchev–Trinajstić information content (AvgIpc) is 2.67. The number of amides is 1. The van der Waals surface area contributed by atoms with Crippen LogP contribution in [0.4, 0.5) is 0 Å². The van der Waals surface area contributed by atoms with Crippen LogP contribution in [0.5, 0.6) is 5.75 Å². The number of methoxy groups -OCH3 is 1. The van der Waals surface area contributed by atoms with Crippen molar-refractivity contribution in [3.8, 4) is 5.75 Å². The number of thioether (sulfide) groups is 1. The number of pyridine rings is 1. The molecule has 1 unspecified atom stereocenters. The summed E-state index contributed by atoms with van der Waals surface area (Å²) in [6, 6.07) is 11.8. The Hall–Kier alpha value is -1.76. The summed E-state index contributed by atoms with van der Waals surface area (Å²) in [6.07, 6.45) is 3.60. The zero-order valence-electron chi connectivity index (χ0n) is 14.1. The van der Waals surface area contributed by atoms with Crippen LogP contribution in [0.25, 0.3) is 0 Å². The summed E-state index contributed by atoms with van der Waals surface area (Å²) >= 11 is 1.56. The molecule has 5 nitrogen and oxygen atoms in total. The number of carbonyl (C=O) groups excluding carboxylic acids is 1. The minimum atomic E-state index is 0. The molecule has 1 atom stereocenters. The third-order valence-electron chi connectivity index (χ3n) is 4.05. The summed E-state index contributed by atoms with van der Waals surface area (Å²) in [5, 5.41) is 3.36. The van der Waals surface area contributed by atoms with Crippen molar-refractivity contribution in [2.45, 2.75) is 10.9 Å². The van der Waals surface area contributed by atoms with Gasteiger partial charge in [-0.25, -0.2) is 0 Å². The summed E-state index contributed by atoms with van der Waals surface area (Å²) in [5.74, 6) is 1.42. The molecule has 1 N–H and O–H groups in total. The number of benzene rings is 1. The van der Waals surface area contributed by atoms with Gasteiger partial charge >= 0.3 is 0 Å². The second-order valence-electron chi connectivity index (χ2n) is 5.56. The molecule has 3 rings (SSSR count). The Morgan fingerprint density at radius 3 is 2.84 bits per heavy atom. The molecular weight excluding hydrogens is 358 g/mol. The number of ether oxygens (including phenoxy) is 1. The molecule has 0 bridgehead atoms. The van der Waals surface area contributed by atoms with Crippen molar-refractivity contribution < 1.29 is 9.53 Å². The molecule has 2 aromatic rings. The number of carbonyl (C=O) groups is 1. The number of rotatable bonds is 5. The Morgan fingerprint density at radius 1 is 1.36 bits per heavy atom. The first-order valence-electron chi connectivity index (χ1n) is 7.95. The number of hydrogen-bond donors (Lipinski definition) is 1. The Kier molecular flexibility index (Phi) is 7.55. The van der Waals surface area contributed by atoms with Crippen LogP contribution in [0.2, 0.25) is 0 Å². The summed E-state index contributed by atoms with van der Waals surface area (Å²) in [6.45, 7) is 2.32. The van der Waals surface area contributed by atoms with Gasteiger partial charge in [0.25, 0.3) is 0 Å². The standard InChI is InChI=1S/C18H21N3O2S.ClH/c1-23-15-4-6-16(7-5-15)24-13-18(22)21-10-9-20-12-17(21)14-3-2-8-19-11-14;/h2-8,11,17,20H,9-10,12-13H2,1H3;1H. The van der Waals surface area contributed by atoms with Crippen molar-refractivity contribution in [3.05, 3.63) is 54.4 Å². The molecule has 7 heteroatoms. The number of nitrogens with zero attached hydrogens (tertiary/aromatic N) is 2. The van der Waals surface area contributed by atoms with Crippen LogP contribution in [0, 0.1) is 0 Å². The highest BCUT2D eigenvalue weighted by Crippen LogP contribution is 2.25. The molecule has 0 spiro atoms. The van der Waals surface area contributed by atoms with Crippen LogP contribution in [-0.4, -0.2) is 48.3 Å². The molecule has 134 valence electrons. The molecular formula is C18H22ClN3O2S. The zero-order chi connectivity index (χ0) is 16.8. The molecule has 25 heavy (non-hydrogen) atoms. The number of aromatic nitrogens is 1. The maximum Gasteiger partial charge on any atom is 0.233 e. The molecule has 0 saturated carbocycles. The van der Waals surface area contributed by atoms with Crippen LogP contribution in [0.3, 0.4) is 0 Å². The van der Waals surface area contributed by atoms with E-state index in [4.69, 9.17) is 4.74 Å². The summed E-state index contributed by atoms with van der Waals surface area (Å²) in [5.41, 5.74) is 1.08. The molecule has 1 saturated heterocycles. The third-order valence-corrected chi connectivity index (χ3v) is 5.05. The van der Waals surface area contributed by atoms with E-state index in [0.29, 0.717) is 5.75 Å². The molecule has 1 aromatic heterocycles. The van der Waals surface area contributed by atoms with Crippen LogP contribution < -0.4 is 10.1 Å². The van der Waals surface area contributed by atoms with Gasteiger partial charge in [-0.15, -0.1) is 24.2 Å². The Labute approximate surface area is 158 Å². The lowest BCUT2D eigenvalue weighted by molar-refractivity contribution is -0.131. The monoisotopic (exact) mass is 379 g/mol. The summed E-state index contributed by atoms with van der Waals surface area (Å²) < 4.78 is 5.16. The van der Waals surface area contributed by atoms with E-state index in [1.165, 1.54) is 0 Å². The van der Waals surface area contributed by atoms with E-state index >= 15 is 0 Å². The van der Waals surface area contributed by atoms with Crippen molar-refractivity contribution in [1.82, 2.24) is 15.2 Å². The number of piperazine rings is 1. The van der Waals surface area contributed by atoms with Gasteiger partial charge < -0.3 is 15.0 Å². The van der Waals surface area contributed by atoms with Crippen LogP contribution in [-0.2, 0) is 4.79 Å². The van der Waals surface area contributed by atoms with E-state index in [1.54, 1.807) is 25.1 Å². The molecule has 1 aliphatic heterocycles. The molecule has 1 aromatic carbocycles. The Balaban J connectivity index is 0.00000225. The lowest BCUT2D eigenvalue weighted by Gasteiger charge is -2.36. The van der Waals surface area contributed by atoms with Crippen molar-refractivity contribution in [3.63, 3.8) is 0 Å². The zero-order valence-corrected chi connectivity index (χ0v) is 15.7. The van der Waals surface area contributed by atoms with Crippen molar-refractivity contribution >= 4 is 30.1 Å². The first kappa shape index (κ1) is 19.6. The van der Waals surface area contributed by atoms with E-state index in [-0.39, 0.29) is 24.4 Å². The minimum absolute atomic E-state index is 0. The maximum atomic E-state index is 12.7. The normalized spacial score (nSPS) is 16.8. The number of halogens is 1. The molecule has 1 aliphatic rings. The van der Waals surface area contributed by atoms with Crippen molar-refractivity contribution in [1.29, 1.82) is 0 Å². The SMILES string of the molecule is COc1ccc(SCC(=O)N2CCNCC2c2cccnc2)cc1.Cl. The van der Waals surface area contributed by atoms with Gasteiger partial charge in [-0.3, -0.25) is 9.78 Å². The van der Waals surface area contributed by atoms with Gasteiger partial charge in [-0.05, 0) is 35.9 Å². The number of nitrogens with one attached hydrogen (secondary N) is 1. The second-order valence-corrected chi connectivity index (χ2v) is 6.61. The van der Waals surface area contributed by atoms with Crippen LogP contribution >= 0.6 is 24.2 Å². The van der Waals surface area contributed by atoms with Crippen molar-refractivity contribution in [2.75, 3.05) is 32.5 Å².